The van der Waals surface area contributed by atoms with Crippen molar-refractivity contribution in [2.45, 2.75) is 109 Å². The fraction of sp³-hybridized carbons (Fsp3) is 0.500. The van der Waals surface area contributed by atoms with Crippen molar-refractivity contribution in [2.24, 2.45) is 0 Å². The van der Waals surface area contributed by atoms with Gasteiger partial charge in [-0.2, -0.15) is 0 Å². The van der Waals surface area contributed by atoms with E-state index < -0.39 is 147 Å². The molecule has 8 heterocycles. The summed E-state index contributed by atoms with van der Waals surface area (Å²) in [6.45, 7) is 1.16. The zero-order valence-corrected chi connectivity index (χ0v) is 47.8. The monoisotopic (exact) mass is 1320 g/mol. The summed E-state index contributed by atoms with van der Waals surface area (Å²) in [6.07, 6.45) is -9.18. The number of rotatable bonds is 20. The number of nitrogens with two attached hydrogens (primary N) is 1. The number of nitro groups is 1. The molecule has 474 valence electrons. The van der Waals surface area contributed by atoms with Gasteiger partial charge in [0, 0.05) is 61.0 Å². The van der Waals surface area contributed by atoms with Crippen molar-refractivity contribution in [1.29, 1.82) is 0 Å². The lowest BCUT2D eigenvalue weighted by molar-refractivity contribution is -0.385. The fourth-order valence-electron chi connectivity index (χ4n) is 8.33. The maximum absolute atomic E-state index is 12.9. The van der Waals surface area contributed by atoms with Gasteiger partial charge in [-0.1, -0.05) is 7.43 Å². The summed E-state index contributed by atoms with van der Waals surface area (Å²) in [4.78, 5) is 131. The summed E-state index contributed by atoms with van der Waals surface area (Å²) in [7, 11) is -29.1. The number of benzene rings is 1. The molecule has 9 rings (SSSR count). The van der Waals surface area contributed by atoms with E-state index in [-0.39, 0.29) is 73.0 Å². The number of nitrogens with one attached hydrogen (secondary N) is 2. The number of hydrogen-bond donors (Lipinski definition) is 7. The van der Waals surface area contributed by atoms with E-state index in [1.165, 1.54) is 45.2 Å². The number of anilines is 1. The quantitative estimate of drug-likeness (QED) is 0.0201. The Morgan fingerprint density at radius 1 is 0.814 bits per heavy atom. The Hall–Kier alpha value is -5.93. The Balaban J connectivity index is 0.000000263. The van der Waals surface area contributed by atoms with E-state index in [4.69, 9.17) is 38.3 Å². The van der Waals surface area contributed by atoms with Crippen LogP contribution in [0.2, 0.25) is 0 Å². The van der Waals surface area contributed by atoms with Crippen LogP contribution < -0.4 is 47.4 Å². The van der Waals surface area contributed by atoms with Gasteiger partial charge >= 0.3 is 33.0 Å². The van der Waals surface area contributed by atoms with E-state index in [0.29, 0.717) is 5.56 Å². The second kappa shape index (κ2) is 26.4. The maximum atomic E-state index is 12.9. The highest BCUT2D eigenvalue weighted by atomic mass is 31.3. The van der Waals surface area contributed by atoms with E-state index >= 15 is 0 Å². The first-order valence-electron chi connectivity index (χ1n) is 23.9. The van der Waals surface area contributed by atoms with Crippen molar-refractivity contribution in [2.75, 3.05) is 25.6 Å². The van der Waals surface area contributed by atoms with Crippen LogP contribution in [0.25, 0.3) is 11.2 Å². The standard InChI is InChI=1S/C20H29N7O20P4.C19H20N3O11P.CH4/c1-8-3-26(20(32)25-18(8)31)12-2-9(28)10(43-12)4-41-48(33,34)45-50(37,38)47-51(39,40)46-49(35,36)42-5-11-14(29)15(30)19(44-11)27-7-24-13-16(21)22-6-23-17(13)27;1-10-7-21(19(25)20-18(10)24)17-6-15(31-11(2)23)16(32-17)9-30-34(28)29-8-12-5-13(22(26)27)3-4-14(12)33-34;/h3,6-7,9-12,14-15,19,28-30H,2,4-5H2,1H3,(H,33,34)(H,35,36)(H,37,38)(H,39,40)(H2,21,22,23)(H,25,31,32);3-5,7,15-17H,6,8-9H2,1-2H3,(H,20,24,25);1H4/p-3/t9?,10-,11-,12-,14?,15?,19-;15?,16-,17-,34?;/m11./s1. The van der Waals surface area contributed by atoms with E-state index in [1.807, 2.05) is 4.98 Å². The molecule has 3 fully saturated rings. The smallest absolute Gasteiger partial charge is 0.530 e. The van der Waals surface area contributed by atoms with Crippen molar-refractivity contribution in [3.05, 3.63) is 112 Å². The molecule has 0 saturated carbocycles. The highest BCUT2D eigenvalue weighted by molar-refractivity contribution is 7.68. The van der Waals surface area contributed by atoms with Gasteiger partial charge in [0.15, 0.2) is 17.7 Å². The first-order valence-corrected chi connectivity index (χ1v) is 31.3. The predicted octanol–water partition coefficient (Wildman–Crippen LogP) is -1.53. The van der Waals surface area contributed by atoms with Gasteiger partial charge < -0.3 is 68.6 Å². The van der Waals surface area contributed by atoms with E-state index in [2.05, 4.69) is 41.9 Å². The van der Waals surface area contributed by atoms with Crippen molar-refractivity contribution < 1.29 is 122 Å². The van der Waals surface area contributed by atoms with Gasteiger partial charge in [-0.15, -0.1) is 0 Å². The summed E-state index contributed by atoms with van der Waals surface area (Å²) in [6, 6.07) is 3.73. The number of carbonyl (C=O) groups is 1. The number of nitro benzene ring substituents is 1. The molecule has 86 heavy (non-hydrogen) atoms. The largest absolute Gasteiger partial charge is 0.756 e. The molecule has 3 saturated heterocycles. The molecule has 41 nitrogen and oxygen atoms in total. The Labute approximate surface area is 479 Å². The number of esters is 1. The second-order valence-corrected chi connectivity index (χ2v) is 26.0. The summed E-state index contributed by atoms with van der Waals surface area (Å²) in [5.74, 6) is -0.520. The Kier molecular flexibility index (Phi) is 20.8. The minimum atomic E-state index is -6.54. The number of aliphatic hydroxyl groups excluding tert-OH is 3. The van der Waals surface area contributed by atoms with Crippen LogP contribution in [0.3, 0.4) is 0 Å². The van der Waals surface area contributed by atoms with Gasteiger partial charge in [0.1, 0.15) is 66.7 Å². The van der Waals surface area contributed by atoms with Crippen molar-refractivity contribution in [1.82, 2.24) is 38.6 Å². The number of phosphoric acid groups is 5. The van der Waals surface area contributed by atoms with Crippen LogP contribution in [0.5, 0.6) is 5.75 Å². The lowest BCUT2D eigenvalue weighted by Crippen LogP contribution is -2.33. The van der Waals surface area contributed by atoms with Crippen LogP contribution in [0.4, 0.5) is 11.5 Å². The molecule has 5 aromatic rings. The second-order valence-electron chi connectivity index (χ2n) is 18.3. The first kappa shape index (κ1) is 67.6. The van der Waals surface area contributed by atoms with Crippen LogP contribution >= 0.6 is 39.1 Å². The van der Waals surface area contributed by atoms with Gasteiger partial charge in [0.2, 0.25) is 0 Å². The number of ether oxygens (including phenoxy) is 4. The third-order valence-corrected chi connectivity index (χ3v) is 19.4. The van der Waals surface area contributed by atoms with Crippen LogP contribution in [-0.4, -0.2) is 132 Å². The molecule has 4 aliphatic rings. The van der Waals surface area contributed by atoms with Crippen molar-refractivity contribution >= 4 is 67.8 Å². The molecular formula is C40H50N10O31P5-3. The molecule has 4 aromatic heterocycles. The van der Waals surface area contributed by atoms with Crippen molar-refractivity contribution in [3.63, 3.8) is 0 Å². The van der Waals surface area contributed by atoms with E-state index in [1.54, 1.807) is 0 Å². The highest BCUT2D eigenvalue weighted by Crippen LogP contribution is 2.68. The number of aliphatic hydroxyl groups is 3. The normalized spacial score (nSPS) is 28.1. The number of H-pyrrole nitrogens is 2. The van der Waals surface area contributed by atoms with Crippen LogP contribution in [0.1, 0.15) is 62.6 Å². The Bertz CT molecular complexity index is 3880. The molecule has 9 unspecified atom stereocenters. The number of fused-ring (bicyclic) bond motifs is 2. The zero-order valence-electron chi connectivity index (χ0n) is 43.3. The lowest BCUT2D eigenvalue weighted by atomic mass is 10.1. The topological polar surface area (TPSA) is 586 Å². The number of hydrogen-bond acceptors (Lipinski definition) is 34. The van der Waals surface area contributed by atoms with Crippen LogP contribution in [0.15, 0.2) is 62.4 Å². The highest BCUT2D eigenvalue weighted by Gasteiger charge is 2.47. The van der Waals surface area contributed by atoms with Crippen LogP contribution in [0, 0.1) is 24.0 Å². The van der Waals surface area contributed by atoms with E-state index in [0.717, 1.165) is 32.6 Å². The third-order valence-electron chi connectivity index (χ3n) is 12.3. The molecule has 0 spiro atoms. The molecular weight excluding hydrogens is 1270 g/mol. The maximum Gasteiger partial charge on any atom is 0.530 e. The average molecular weight is 1320 g/mol. The molecule has 0 aliphatic carbocycles. The Morgan fingerprint density at radius 2 is 1.41 bits per heavy atom. The molecule has 0 amide bonds. The summed E-state index contributed by atoms with van der Waals surface area (Å²) in [5.41, 5.74) is 3.54. The molecule has 1 aromatic carbocycles. The summed E-state index contributed by atoms with van der Waals surface area (Å²) in [5, 5.41) is 41.9. The van der Waals surface area contributed by atoms with Gasteiger partial charge in [-0.05, 0) is 19.9 Å². The molecule has 8 N–H and O–H groups in total. The minimum Gasteiger partial charge on any atom is -0.756 e. The number of aromatic nitrogens is 8. The summed E-state index contributed by atoms with van der Waals surface area (Å²) < 4.78 is 122. The number of phosphoric ester groups is 3. The van der Waals surface area contributed by atoms with E-state index in [9.17, 15) is 91.8 Å². The van der Waals surface area contributed by atoms with Crippen LogP contribution in [-0.2, 0) is 84.2 Å². The number of nitrogens with zero attached hydrogens (tertiary/aromatic N) is 7. The van der Waals surface area contributed by atoms with Gasteiger partial charge in [0.25, 0.3) is 40.3 Å². The number of carbonyl (C=O) groups excluding carboxylic acids is 1. The average Bonchev–Trinajstić information content (AvgIpc) is 2.11. The number of aryl methyl sites for hydroxylation is 2. The first-order chi connectivity index (χ1) is 39.6. The summed E-state index contributed by atoms with van der Waals surface area (Å²) >= 11 is 0. The number of nitrogen functional groups attached to an aromatic ring is 1. The molecule has 15 atom stereocenters. The zero-order chi connectivity index (χ0) is 62.3. The van der Waals surface area contributed by atoms with Crippen molar-refractivity contribution in [3.8, 4) is 5.75 Å². The molecule has 0 radical (unpaired) electrons. The minimum absolute atomic E-state index is 0. The fourth-order valence-corrected chi connectivity index (χ4v) is 14.3. The lowest BCUT2D eigenvalue weighted by Gasteiger charge is -2.34. The molecule has 4 aliphatic heterocycles. The third kappa shape index (κ3) is 16.2. The van der Waals surface area contributed by atoms with Gasteiger partial charge in [0.05, 0.1) is 43.8 Å². The Morgan fingerprint density at radius 3 is 2.03 bits per heavy atom. The number of imidazole rings is 1. The van der Waals surface area contributed by atoms with Gasteiger partial charge in [-0.3, -0.25) is 75.4 Å². The molecule has 0 bridgehead atoms. The predicted molar refractivity (Wildman–Crippen MR) is 273 cm³/mol. The van der Waals surface area contributed by atoms with Gasteiger partial charge in [-0.25, -0.2) is 46.6 Å². The molecule has 46 heteroatoms. The number of non-ortho nitro benzene ring substituents is 1. The number of aromatic amines is 2. The SMILES string of the molecule is C.CC(=O)OC1C[C@H](n2cc(C)c(=O)[nH]c2=O)O[C@@H]1COP1(=O)OCc2cc([N+](=O)[O-])ccc2O1.Cc1cn([C@H]2CC(O)[C@@H](COP(=O)([O-])OP(=O)([O-])OP(=O)([O-])OP(=O)(O)OC[C@H]3O[C@@H](n4cnc5c(N)ncnc54)C(O)C3O)O2)c(=O)[nH]c1=O.